The minimum atomic E-state index is -0.564. The van der Waals surface area contributed by atoms with Crippen LogP contribution in [0.2, 0.25) is 0 Å². The zero-order valence-corrected chi connectivity index (χ0v) is 14.9. The third-order valence-corrected chi connectivity index (χ3v) is 4.00. The molecule has 0 aliphatic rings. The van der Waals surface area contributed by atoms with Crippen molar-refractivity contribution in [3.05, 3.63) is 74.7 Å². The highest BCUT2D eigenvalue weighted by molar-refractivity contribution is 9.10. The lowest BCUT2D eigenvalue weighted by atomic mass is 10.1. The summed E-state index contributed by atoms with van der Waals surface area (Å²) in [6, 6.07) is 14.4. The maximum Gasteiger partial charge on any atom is 0.298 e. The molecule has 7 heteroatoms. The van der Waals surface area contributed by atoms with Crippen LogP contribution in [0.4, 0.5) is 0 Å². The van der Waals surface area contributed by atoms with Crippen LogP contribution >= 0.6 is 15.9 Å². The van der Waals surface area contributed by atoms with Gasteiger partial charge in [-0.2, -0.15) is 4.98 Å². The number of methoxy groups -OCH3 is 1. The van der Waals surface area contributed by atoms with Gasteiger partial charge in [-0.3, -0.25) is 4.79 Å². The second-order valence-electron chi connectivity index (χ2n) is 5.22. The quantitative estimate of drug-likeness (QED) is 0.680. The van der Waals surface area contributed by atoms with Crippen molar-refractivity contribution in [3.8, 4) is 23.1 Å². The van der Waals surface area contributed by atoms with Gasteiger partial charge < -0.3 is 19.6 Å². The van der Waals surface area contributed by atoms with E-state index in [1.54, 1.807) is 24.3 Å². The minimum Gasteiger partial charge on any atom is -0.493 e. The lowest BCUT2D eigenvalue weighted by Gasteiger charge is -2.10. The molecule has 0 atom stereocenters. The van der Waals surface area contributed by atoms with Gasteiger partial charge in [-0.05, 0) is 29.8 Å². The van der Waals surface area contributed by atoms with E-state index in [-0.39, 0.29) is 5.75 Å². The number of halogens is 1. The summed E-state index contributed by atoms with van der Waals surface area (Å²) in [4.78, 5) is 18.9. The van der Waals surface area contributed by atoms with Crippen molar-refractivity contribution in [2.75, 3.05) is 7.11 Å². The maximum atomic E-state index is 12.3. The molecule has 0 saturated heterocycles. The van der Waals surface area contributed by atoms with Crippen LogP contribution in [0.15, 0.2) is 57.8 Å². The Kier molecular flexibility index (Phi) is 5.04. The molecule has 6 nitrogen and oxygen atoms in total. The minimum absolute atomic E-state index is 0.274. The van der Waals surface area contributed by atoms with Gasteiger partial charge in [0.05, 0.1) is 7.11 Å². The number of rotatable bonds is 5. The van der Waals surface area contributed by atoms with Crippen LogP contribution in [0.1, 0.15) is 11.4 Å². The first-order valence-electron chi connectivity index (χ1n) is 7.44. The van der Waals surface area contributed by atoms with Crippen molar-refractivity contribution in [1.29, 1.82) is 0 Å². The van der Waals surface area contributed by atoms with Crippen LogP contribution in [-0.2, 0) is 6.42 Å². The van der Waals surface area contributed by atoms with E-state index < -0.39 is 11.4 Å². The Morgan fingerprint density at radius 2 is 1.80 bits per heavy atom. The third-order valence-electron chi connectivity index (χ3n) is 3.47. The number of para-hydroxylation sites is 2. The van der Waals surface area contributed by atoms with Crippen LogP contribution in [0.3, 0.4) is 0 Å². The fourth-order valence-corrected chi connectivity index (χ4v) is 2.54. The molecular weight excluding hydrogens is 388 g/mol. The molecule has 3 rings (SSSR count). The van der Waals surface area contributed by atoms with Crippen molar-refractivity contribution < 1.29 is 14.6 Å². The molecule has 1 aromatic heterocycles. The summed E-state index contributed by atoms with van der Waals surface area (Å²) in [6.07, 6.45) is 0.380. The number of nitrogens with zero attached hydrogens (tertiary/aromatic N) is 1. The second-order valence-corrected chi connectivity index (χ2v) is 6.14. The zero-order chi connectivity index (χ0) is 17.8. The van der Waals surface area contributed by atoms with E-state index >= 15 is 0 Å². The van der Waals surface area contributed by atoms with Crippen molar-refractivity contribution in [3.63, 3.8) is 0 Å². The van der Waals surface area contributed by atoms with Gasteiger partial charge in [-0.1, -0.05) is 40.2 Å². The Balaban J connectivity index is 1.87. The SMILES string of the molecule is COc1ccccc1Oc1c(O)nc(Cc2ccc(Br)cc2)[nH]c1=O. The number of benzene rings is 2. The molecule has 0 radical (unpaired) electrons. The summed E-state index contributed by atoms with van der Waals surface area (Å²) in [5.41, 5.74) is 0.384. The summed E-state index contributed by atoms with van der Waals surface area (Å²) in [5.74, 6) is 0.358. The van der Waals surface area contributed by atoms with Crippen molar-refractivity contribution >= 4 is 15.9 Å². The van der Waals surface area contributed by atoms with E-state index in [1.165, 1.54) is 7.11 Å². The molecule has 3 aromatic rings. The number of nitrogens with one attached hydrogen (secondary N) is 1. The Bertz CT molecular complexity index is 939. The first-order chi connectivity index (χ1) is 12.1. The zero-order valence-electron chi connectivity index (χ0n) is 13.3. The molecule has 0 spiro atoms. The number of hydrogen-bond donors (Lipinski definition) is 2. The normalized spacial score (nSPS) is 10.5. The molecule has 0 amide bonds. The highest BCUT2D eigenvalue weighted by atomic mass is 79.9. The molecular formula is C18H15BrN2O4. The van der Waals surface area contributed by atoms with Crippen LogP contribution in [0.5, 0.6) is 23.1 Å². The van der Waals surface area contributed by atoms with E-state index in [2.05, 4.69) is 25.9 Å². The predicted molar refractivity (Wildman–Crippen MR) is 96.5 cm³/mol. The van der Waals surface area contributed by atoms with E-state index in [4.69, 9.17) is 9.47 Å². The Hall–Kier alpha value is -2.80. The highest BCUT2D eigenvalue weighted by Gasteiger charge is 2.15. The fourth-order valence-electron chi connectivity index (χ4n) is 2.28. The summed E-state index contributed by atoms with van der Waals surface area (Å²) in [7, 11) is 1.49. The molecule has 128 valence electrons. The first kappa shape index (κ1) is 17.0. The van der Waals surface area contributed by atoms with Crippen LogP contribution in [-0.4, -0.2) is 22.2 Å². The monoisotopic (exact) mass is 402 g/mol. The van der Waals surface area contributed by atoms with Gasteiger partial charge in [-0.15, -0.1) is 0 Å². The van der Waals surface area contributed by atoms with Gasteiger partial charge in [0.2, 0.25) is 0 Å². The Morgan fingerprint density at radius 1 is 1.12 bits per heavy atom. The lowest BCUT2D eigenvalue weighted by Crippen LogP contribution is -2.14. The lowest BCUT2D eigenvalue weighted by molar-refractivity contribution is 0.356. The number of ether oxygens (including phenoxy) is 2. The van der Waals surface area contributed by atoms with E-state index in [0.29, 0.717) is 23.7 Å². The van der Waals surface area contributed by atoms with Crippen LogP contribution in [0, 0.1) is 0 Å². The van der Waals surface area contributed by atoms with Crippen molar-refractivity contribution in [2.24, 2.45) is 0 Å². The fraction of sp³-hybridized carbons (Fsp3) is 0.111. The first-order valence-corrected chi connectivity index (χ1v) is 8.23. The summed E-state index contributed by atoms with van der Waals surface area (Å²) in [6.45, 7) is 0. The standard InChI is InChI=1S/C18H15BrN2O4/c1-24-13-4-2-3-5-14(13)25-16-17(22)20-15(21-18(16)23)10-11-6-8-12(19)9-7-11/h2-9H,10H2,1H3,(H2,20,21,22,23). The molecule has 2 aromatic carbocycles. The molecule has 0 aliphatic carbocycles. The van der Waals surface area contributed by atoms with Crippen LogP contribution in [0.25, 0.3) is 0 Å². The maximum absolute atomic E-state index is 12.3. The molecule has 1 heterocycles. The largest absolute Gasteiger partial charge is 0.493 e. The molecule has 0 bridgehead atoms. The molecule has 0 aliphatic heterocycles. The second kappa shape index (κ2) is 7.40. The molecule has 25 heavy (non-hydrogen) atoms. The number of aromatic nitrogens is 2. The molecule has 0 unspecified atom stereocenters. The van der Waals surface area contributed by atoms with Gasteiger partial charge in [-0.25, -0.2) is 0 Å². The number of aromatic hydroxyl groups is 1. The van der Waals surface area contributed by atoms with E-state index in [0.717, 1.165) is 10.0 Å². The summed E-state index contributed by atoms with van der Waals surface area (Å²) >= 11 is 3.37. The average molecular weight is 403 g/mol. The average Bonchev–Trinajstić information content (AvgIpc) is 2.60. The third kappa shape index (κ3) is 4.00. The van der Waals surface area contributed by atoms with Gasteiger partial charge in [0.1, 0.15) is 5.82 Å². The molecule has 0 fully saturated rings. The van der Waals surface area contributed by atoms with E-state index in [1.807, 2.05) is 24.3 Å². The van der Waals surface area contributed by atoms with Gasteiger partial charge >= 0.3 is 0 Å². The van der Waals surface area contributed by atoms with Crippen molar-refractivity contribution in [1.82, 2.24) is 9.97 Å². The van der Waals surface area contributed by atoms with Gasteiger partial charge in [0.25, 0.3) is 17.2 Å². The van der Waals surface area contributed by atoms with Gasteiger partial charge in [0, 0.05) is 10.9 Å². The predicted octanol–water partition coefficient (Wildman–Crippen LogP) is 3.63. The van der Waals surface area contributed by atoms with Gasteiger partial charge in [0.15, 0.2) is 11.5 Å². The van der Waals surface area contributed by atoms with Crippen LogP contribution < -0.4 is 15.0 Å². The summed E-state index contributed by atoms with van der Waals surface area (Å²) in [5, 5.41) is 10.1. The Morgan fingerprint density at radius 3 is 2.44 bits per heavy atom. The van der Waals surface area contributed by atoms with Crippen molar-refractivity contribution in [2.45, 2.75) is 6.42 Å². The number of H-pyrrole nitrogens is 1. The number of aromatic amines is 1. The molecule has 0 saturated carbocycles. The smallest absolute Gasteiger partial charge is 0.298 e. The number of hydrogen-bond acceptors (Lipinski definition) is 5. The highest BCUT2D eigenvalue weighted by Crippen LogP contribution is 2.32. The Labute approximate surface area is 152 Å². The summed E-state index contributed by atoms with van der Waals surface area (Å²) < 4.78 is 11.6. The molecule has 2 N–H and O–H groups in total. The van der Waals surface area contributed by atoms with E-state index in [9.17, 15) is 9.90 Å². The topological polar surface area (TPSA) is 84.4 Å².